The molecule has 0 saturated carbocycles. The van der Waals surface area contributed by atoms with E-state index in [1.54, 1.807) is 11.8 Å². The summed E-state index contributed by atoms with van der Waals surface area (Å²) in [7, 11) is 4.14. The molecular formula is C36H42FN5O2S. The summed E-state index contributed by atoms with van der Waals surface area (Å²) in [6.07, 6.45) is 4.94. The number of aromatic nitrogens is 1. The molecule has 0 aliphatic carbocycles. The second-order valence-corrected chi connectivity index (χ2v) is 14.1. The molecule has 2 N–H and O–H groups in total. The minimum atomic E-state index is -0.727. The lowest BCUT2D eigenvalue weighted by molar-refractivity contribution is -0.120. The van der Waals surface area contributed by atoms with Gasteiger partial charge in [0.15, 0.2) is 0 Å². The number of carbonyl (C=O) groups is 2. The highest BCUT2D eigenvalue weighted by Gasteiger charge is 2.35. The van der Waals surface area contributed by atoms with E-state index in [0.717, 1.165) is 52.9 Å². The van der Waals surface area contributed by atoms with Crippen molar-refractivity contribution in [2.45, 2.75) is 48.8 Å². The van der Waals surface area contributed by atoms with Crippen LogP contribution < -0.4 is 10.2 Å². The van der Waals surface area contributed by atoms with Crippen LogP contribution in [0.5, 0.6) is 0 Å². The third-order valence-corrected chi connectivity index (χ3v) is 10.3. The van der Waals surface area contributed by atoms with E-state index in [0.29, 0.717) is 37.2 Å². The van der Waals surface area contributed by atoms with Crippen molar-refractivity contribution >= 4 is 40.3 Å². The van der Waals surface area contributed by atoms with Gasteiger partial charge in [-0.3, -0.25) is 4.79 Å². The van der Waals surface area contributed by atoms with Crippen LogP contribution >= 0.6 is 11.8 Å². The number of thioether (sulfide) groups is 1. The van der Waals surface area contributed by atoms with Crippen LogP contribution in [0.25, 0.3) is 10.9 Å². The third-order valence-electron chi connectivity index (χ3n) is 8.90. The fourth-order valence-electron chi connectivity index (χ4n) is 6.75. The standard InChI is InChI=1S/C36H42FN5O2S/c1-24-8-13-34-26(18-24)19-25(22-40(2)3)23-42(34)35(43)33(20-27-21-38-32-7-5-4-6-31(27)32)39-36(44)41-16-14-30(15-17-41)45-29-11-9-28(37)10-12-29/h4-13,18,21,25,30,33,38H,14-17,19-20,22-23H2,1-3H3,(H,39,44)/t25-,33-/m1/s1. The first-order valence-electron chi connectivity index (χ1n) is 15.8. The number of aromatic amines is 1. The molecule has 3 amide bonds. The highest BCUT2D eigenvalue weighted by atomic mass is 32.2. The lowest BCUT2D eigenvalue weighted by Gasteiger charge is -2.38. The molecule has 3 aromatic carbocycles. The van der Waals surface area contributed by atoms with Gasteiger partial charge in [-0.15, -0.1) is 11.8 Å². The molecule has 9 heteroatoms. The van der Waals surface area contributed by atoms with Crippen molar-refractivity contribution in [3.63, 3.8) is 0 Å². The van der Waals surface area contributed by atoms with E-state index in [9.17, 15) is 14.0 Å². The lowest BCUT2D eigenvalue weighted by atomic mass is 9.90. The monoisotopic (exact) mass is 627 g/mol. The molecule has 1 fully saturated rings. The Balaban J connectivity index is 1.21. The number of aryl methyl sites for hydroxylation is 1. The molecule has 0 unspecified atom stereocenters. The number of likely N-dealkylation sites (tertiary alicyclic amines) is 1. The van der Waals surface area contributed by atoms with E-state index >= 15 is 0 Å². The van der Waals surface area contributed by atoms with Gasteiger partial charge >= 0.3 is 6.03 Å². The Bertz CT molecular complexity index is 1650. The second kappa shape index (κ2) is 13.7. The zero-order chi connectivity index (χ0) is 31.5. The third kappa shape index (κ3) is 7.36. The molecule has 2 aliphatic rings. The van der Waals surface area contributed by atoms with Crippen molar-refractivity contribution in [1.82, 2.24) is 20.1 Å². The second-order valence-electron chi connectivity index (χ2n) is 12.7. The topological polar surface area (TPSA) is 71.7 Å². The van der Waals surface area contributed by atoms with Crippen molar-refractivity contribution in [1.29, 1.82) is 0 Å². The highest BCUT2D eigenvalue weighted by molar-refractivity contribution is 8.00. The Labute approximate surface area is 269 Å². The number of hydrogen-bond donors (Lipinski definition) is 2. The van der Waals surface area contributed by atoms with Gasteiger partial charge in [0.1, 0.15) is 11.9 Å². The molecule has 2 atom stereocenters. The number of para-hydroxylation sites is 1. The van der Waals surface area contributed by atoms with Crippen LogP contribution in [0.4, 0.5) is 14.9 Å². The molecule has 3 heterocycles. The number of fused-ring (bicyclic) bond motifs is 2. The van der Waals surface area contributed by atoms with E-state index < -0.39 is 6.04 Å². The van der Waals surface area contributed by atoms with Crippen molar-refractivity contribution in [3.8, 4) is 0 Å². The zero-order valence-corrected chi connectivity index (χ0v) is 27.1. The van der Waals surface area contributed by atoms with Crippen LogP contribution in [0.2, 0.25) is 0 Å². The van der Waals surface area contributed by atoms with Crippen molar-refractivity contribution in [3.05, 3.63) is 95.4 Å². The molecule has 4 aromatic rings. The number of urea groups is 1. The molecule has 45 heavy (non-hydrogen) atoms. The van der Waals surface area contributed by atoms with Crippen LogP contribution in [0.3, 0.4) is 0 Å². The predicted octanol–water partition coefficient (Wildman–Crippen LogP) is 6.26. The molecule has 1 saturated heterocycles. The normalized spacial score (nSPS) is 17.8. The van der Waals surface area contributed by atoms with Gasteiger partial charge in [0.25, 0.3) is 0 Å². The number of halogens is 1. The molecule has 7 nitrogen and oxygen atoms in total. The molecule has 0 radical (unpaired) electrons. The Morgan fingerprint density at radius 3 is 2.58 bits per heavy atom. The largest absolute Gasteiger partial charge is 0.361 e. The van der Waals surface area contributed by atoms with E-state index in [-0.39, 0.29) is 17.8 Å². The smallest absolute Gasteiger partial charge is 0.318 e. The van der Waals surface area contributed by atoms with Crippen LogP contribution in [0.15, 0.2) is 77.8 Å². The minimum Gasteiger partial charge on any atom is -0.361 e. The van der Waals surface area contributed by atoms with Crippen LogP contribution in [0, 0.1) is 18.7 Å². The van der Waals surface area contributed by atoms with Gasteiger partial charge in [-0.05, 0) is 93.7 Å². The molecule has 2 aliphatic heterocycles. The lowest BCUT2D eigenvalue weighted by Crippen LogP contribution is -2.56. The van der Waals surface area contributed by atoms with Gasteiger partial charge in [0.05, 0.1) is 0 Å². The number of piperidine rings is 1. The molecule has 1 aromatic heterocycles. The van der Waals surface area contributed by atoms with Crippen molar-refractivity contribution < 1.29 is 14.0 Å². The summed E-state index contributed by atoms with van der Waals surface area (Å²) in [5.41, 5.74) is 5.31. The summed E-state index contributed by atoms with van der Waals surface area (Å²) >= 11 is 1.73. The van der Waals surface area contributed by atoms with E-state index in [4.69, 9.17) is 0 Å². The average Bonchev–Trinajstić information content (AvgIpc) is 3.43. The average molecular weight is 628 g/mol. The van der Waals surface area contributed by atoms with Gasteiger partial charge in [-0.1, -0.05) is 35.9 Å². The van der Waals surface area contributed by atoms with Crippen LogP contribution in [-0.2, 0) is 17.6 Å². The van der Waals surface area contributed by atoms with Gasteiger partial charge in [0, 0.05) is 65.5 Å². The summed E-state index contributed by atoms with van der Waals surface area (Å²) in [5, 5.41) is 4.59. The number of carbonyl (C=O) groups excluding carboxylic acids is 2. The van der Waals surface area contributed by atoms with Crippen LogP contribution in [-0.4, -0.2) is 78.3 Å². The maximum atomic E-state index is 14.6. The van der Waals surface area contributed by atoms with Gasteiger partial charge < -0.3 is 25.0 Å². The first-order valence-corrected chi connectivity index (χ1v) is 16.7. The molecule has 236 valence electrons. The maximum Gasteiger partial charge on any atom is 0.318 e. The first kappa shape index (κ1) is 31.2. The fourth-order valence-corrected chi connectivity index (χ4v) is 7.88. The fraction of sp³-hybridized carbons (Fsp3) is 0.389. The van der Waals surface area contributed by atoms with Gasteiger partial charge in [-0.2, -0.15) is 0 Å². The number of nitrogens with zero attached hydrogens (tertiary/aromatic N) is 3. The van der Waals surface area contributed by atoms with E-state index in [2.05, 4.69) is 60.5 Å². The number of hydrogen-bond acceptors (Lipinski definition) is 4. The number of H-pyrrole nitrogens is 1. The van der Waals surface area contributed by atoms with Gasteiger partial charge in [0.2, 0.25) is 5.91 Å². The molecule has 0 spiro atoms. The van der Waals surface area contributed by atoms with E-state index in [1.165, 1.54) is 23.3 Å². The number of nitrogens with one attached hydrogen (secondary N) is 2. The zero-order valence-electron chi connectivity index (χ0n) is 26.3. The SMILES string of the molecule is Cc1ccc2c(c1)C[C@H](CN(C)C)CN2C(=O)[C@@H](Cc1c[nH]c2ccccc12)NC(=O)N1CCC(Sc2ccc(F)cc2)CC1. The number of amides is 3. The molecule has 6 rings (SSSR count). The Kier molecular flexibility index (Phi) is 9.47. The minimum absolute atomic E-state index is 0.0797. The summed E-state index contributed by atoms with van der Waals surface area (Å²) in [5.74, 6) is -0.0248. The van der Waals surface area contributed by atoms with Gasteiger partial charge in [-0.25, -0.2) is 9.18 Å². The highest BCUT2D eigenvalue weighted by Crippen LogP contribution is 2.33. The van der Waals surface area contributed by atoms with E-state index in [1.807, 2.05) is 46.3 Å². The summed E-state index contributed by atoms with van der Waals surface area (Å²) in [6.45, 7) is 4.79. The summed E-state index contributed by atoms with van der Waals surface area (Å²) in [4.78, 5) is 38.6. The van der Waals surface area contributed by atoms with Crippen molar-refractivity contribution in [2.24, 2.45) is 5.92 Å². The van der Waals surface area contributed by atoms with Crippen molar-refractivity contribution in [2.75, 3.05) is 45.2 Å². The number of benzene rings is 3. The summed E-state index contributed by atoms with van der Waals surface area (Å²) < 4.78 is 13.3. The quantitative estimate of drug-likeness (QED) is 0.242. The maximum absolute atomic E-state index is 14.6. The Hall–Kier alpha value is -3.82. The number of anilines is 1. The van der Waals surface area contributed by atoms with Crippen LogP contribution in [0.1, 0.15) is 29.5 Å². The molecule has 0 bridgehead atoms. The summed E-state index contributed by atoms with van der Waals surface area (Å²) in [6, 6.07) is 20.0. The predicted molar refractivity (Wildman–Crippen MR) is 180 cm³/mol. The first-order chi connectivity index (χ1) is 21.7. The molecular weight excluding hydrogens is 585 g/mol. The Morgan fingerprint density at radius 1 is 1.07 bits per heavy atom. The number of rotatable bonds is 8. The Morgan fingerprint density at radius 2 is 1.82 bits per heavy atom.